The lowest BCUT2D eigenvalue weighted by Crippen LogP contribution is -1.95. The van der Waals surface area contributed by atoms with Crippen LogP contribution in [0, 0.1) is 0 Å². The first-order valence-electron chi connectivity index (χ1n) is 6.90. The molecular formula is C17H13N3O2. The SMILES string of the molecule is Cn1cc(-c2cc3cccnc3[nH]2)c2cc(C(=O)O)ccc21. The van der Waals surface area contributed by atoms with Crippen LogP contribution in [0.15, 0.2) is 48.8 Å². The van der Waals surface area contributed by atoms with Crippen LogP contribution in [0.4, 0.5) is 0 Å². The van der Waals surface area contributed by atoms with E-state index in [2.05, 4.69) is 9.97 Å². The molecule has 2 N–H and O–H groups in total. The minimum absolute atomic E-state index is 0.286. The summed E-state index contributed by atoms with van der Waals surface area (Å²) in [4.78, 5) is 18.8. The molecule has 5 heteroatoms. The minimum Gasteiger partial charge on any atom is -0.478 e. The third kappa shape index (κ3) is 1.79. The molecule has 4 rings (SSSR count). The number of fused-ring (bicyclic) bond motifs is 2. The number of aromatic nitrogens is 3. The third-order valence-corrected chi connectivity index (χ3v) is 3.92. The van der Waals surface area contributed by atoms with Gasteiger partial charge in [0.25, 0.3) is 0 Å². The Morgan fingerprint density at radius 2 is 2.14 bits per heavy atom. The second-order valence-corrected chi connectivity index (χ2v) is 5.32. The van der Waals surface area contributed by atoms with E-state index in [4.69, 9.17) is 0 Å². The number of hydrogen-bond acceptors (Lipinski definition) is 2. The van der Waals surface area contributed by atoms with E-state index in [1.165, 1.54) is 0 Å². The fourth-order valence-electron chi connectivity index (χ4n) is 2.84. The van der Waals surface area contributed by atoms with Gasteiger partial charge in [0, 0.05) is 47.0 Å². The molecule has 5 nitrogen and oxygen atoms in total. The number of aryl methyl sites for hydroxylation is 1. The quantitative estimate of drug-likeness (QED) is 0.594. The third-order valence-electron chi connectivity index (χ3n) is 3.92. The Bertz CT molecular complexity index is 994. The van der Waals surface area contributed by atoms with Gasteiger partial charge in [-0.3, -0.25) is 0 Å². The van der Waals surface area contributed by atoms with Gasteiger partial charge in [0.2, 0.25) is 0 Å². The fraction of sp³-hybridized carbons (Fsp3) is 0.0588. The fourth-order valence-corrected chi connectivity index (χ4v) is 2.84. The molecule has 3 heterocycles. The van der Waals surface area contributed by atoms with Crippen LogP contribution in [0.2, 0.25) is 0 Å². The predicted octanol–water partition coefficient (Wildman–Crippen LogP) is 3.42. The van der Waals surface area contributed by atoms with Crippen LogP contribution in [0.5, 0.6) is 0 Å². The minimum atomic E-state index is -0.921. The Morgan fingerprint density at radius 3 is 2.91 bits per heavy atom. The van der Waals surface area contributed by atoms with Crippen LogP contribution >= 0.6 is 0 Å². The zero-order valence-corrected chi connectivity index (χ0v) is 11.9. The Labute approximate surface area is 125 Å². The van der Waals surface area contributed by atoms with E-state index in [-0.39, 0.29) is 5.56 Å². The molecule has 0 aliphatic heterocycles. The van der Waals surface area contributed by atoms with Crippen molar-refractivity contribution in [3.63, 3.8) is 0 Å². The zero-order valence-electron chi connectivity index (χ0n) is 11.9. The van der Waals surface area contributed by atoms with Crippen LogP contribution < -0.4 is 0 Å². The van der Waals surface area contributed by atoms with Gasteiger partial charge in [0.05, 0.1) is 5.56 Å². The summed E-state index contributed by atoms with van der Waals surface area (Å²) < 4.78 is 2.00. The number of carboxylic acid groups (broad SMARTS) is 1. The van der Waals surface area contributed by atoms with Gasteiger partial charge in [-0.1, -0.05) is 0 Å². The van der Waals surface area contributed by atoms with Gasteiger partial charge in [-0.2, -0.15) is 0 Å². The summed E-state index contributed by atoms with van der Waals surface area (Å²) in [7, 11) is 1.95. The summed E-state index contributed by atoms with van der Waals surface area (Å²) in [5, 5.41) is 11.1. The molecule has 108 valence electrons. The van der Waals surface area contributed by atoms with E-state index in [9.17, 15) is 9.90 Å². The number of nitrogens with zero attached hydrogens (tertiary/aromatic N) is 2. The highest BCUT2D eigenvalue weighted by Gasteiger charge is 2.13. The number of aromatic amines is 1. The summed E-state index contributed by atoms with van der Waals surface area (Å²) in [6.07, 6.45) is 3.75. The van der Waals surface area contributed by atoms with E-state index in [0.717, 1.165) is 33.2 Å². The lowest BCUT2D eigenvalue weighted by molar-refractivity contribution is 0.0697. The number of carboxylic acids is 1. The predicted molar refractivity (Wildman–Crippen MR) is 85.0 cm³/mol. The second-order valence-electron chi connectivity index (χ2n) is 5.32. The van der Waals surface area contributed by atoms with Gasteiger partial charge in [-0.25, -0.2) is 9.78 Å². The average molecular weight is 291 g/mol. The Morgan fingerprint density at radius 1 is 1.27 bits per heavy atom. The molecule has 0 amide bonds. The molecule has 4 aromatic rings. The van der Waals surface area contributed by atoms with Crippen molar-refractivity contribution in [1.29, 1.82) is 0 Å². The van der Waals surface area contributed by atoms with Crippen LogP contribution in [0.1, 0.15) is 10.4 Å². The summed E-state index contributed by atoms with van der Waals surface area (Å²) in [6.45, 7) is 0. The number of H-pyrrole nitrogens is 1. The molecule has 0 bridgehead atoms. The smallest absolute Gasteiger partial charge is 0.335 e. The molecule has 0 radical (unpaired) electrons. The van der Waals surface area contributed by atoms with Crippen molar-refractivity contribution in [2.75, 3.05) is 0 Å². The number of carbonyl (C=O) groups is 1. The highest BCUT2D eigenvalue weighted by atomic mass is 16.4. The van der Waals surface area contributed by atoms with Gasteiger partial charge >= 0.3 is 5.97 Å². The maximum absolute atomic E-state index is 11.2. The van der Waals surface area contributed by atoms with Crippen LogP contribution in [-0.2, 0) is 7.05 Å². The molecule has 3 aromatic heterocycles. The summed E-state index contributed by atoms with van der Waals surface area (Å²) >= 11 is 0. The van der Waals surface area contributed by atoms with Crippen molar-refractivity contribution >= 4 is 27.9 Å². The van der Waals surface area contributed by atoms with Crippen molar-refractivity contribution in [3.05, 3.63) is 54.4 Å². The van der Waals surface area contributed by atoms with Crippen molar-refractivity contribution in [1.82, 2.24) is 14.5 Å². The molecule has 22 heavy (non-hydrogen) atoms. The maximum Gasteiger partial charge on any atom is 0.335 e. The largest absolute Gasteiger partial charge is 0.478 e. The molecule has 0 atom stereocenters. The highest BCUT2D eigenvalue weighted by Crippen LogP contribution is 2.32. The van der Waals surface area contributed by atoms with Gasteiger partial charge in [-0.15, -0.1) is 0 Å². The van der Waals surface area contributed by atoms with E-state index >= 15 is 0 Å². The molecular weight excluding hydrogens is 278 g/mol. The van der Waals surface area contributed by atoms with E-state index in [1.54, 1.807) is 18.3 Å². The van der Waals surface area contributed by atoms with Crippen LogP contribution in [0.3, 0.4) is 0 Å². The normalized spacial score (nSPS) is 11.3. The van der Waals surface area contributed by atoms with Gasteiger partial charge in [0.1, 0.15) is 5.65 Å². The molecule has 0 fully saturated rings. The number of hydrogen-bond donors (Lipinski definition) is 2. The first-order valence-corrected chi connectivity index (χ1v) is 6.90. The standard InChI is InChI=1S/C17H13N3O2/c1-20-9-13(12-7-11(17(21)22)4-5-15(12)20)14-8-10-3-2-6-18-16(10)19-14/h2-9H,1H3,(H,18,19)(H,21,22). The Hall–Kier alpha value is -3.08. The van der Waals surface area contributed by atoms with Crippen molar-refractivity contribution in [3.8, 4) is 11.3 Å². The molecule has 1 aromatic carbocycles. The topological polar surface area (TPSA) is 70.9 Å². The van der Waals surface area contributed by atoms with Crippen LogP contribution in [-0.4, -0.2) is 25.6 Å². The molecule has 0 aliphatic carbocycles. The van der Waals surface area contributed by atoms with Crippen LogP contribution in [0.25, 0.3) is 33.2 Å². The number of pyridine rings is 1. The summed E-state index contributed by atoms with van der Waals surface area (Å²) in [5.41, 5.74) is 4.00. The van der Waals surface area contributed by atoms with Gasteiger partial charge in [-0.05, 0) is 36.4 Å². The monoisotopic (exact) mass is 291 g/mol. The summed E-state index contributed by atoms with van der Waals surface area (Å²) in [6, 6.07) is 11.1. The molecule has 0 saturated carbocycles. The number of rotatable bonds is 2. The number of aromatic carboxylic acids is 1. The molecule has 0 aliphatic rings. The van der Waals surface area contributed by atoms with E-state index in [1.807, 2.05) is 42.1 Å². The average Bonchev–Trinajstić information content (AvgIpc) is 3.08. The lowest BCUT2D eigenvalue weighted by atomic mass is 10.1. The lowest BCUT2D eigenvalue weighted by Gasteiger charge is -1.99. The number of nitrogens with one attached hydrogen (secondary N) is 1. The van der Waals surface area contributed by atoms with Crippen molar-refractivity contribution in [2.45, 2.75) is 0 Å². The van der Waals surface area contributed by atoms with Crippen molar-refractivity contribution in [2.24, 2.45) is 7.05 Å². The van der Waals surface area contributed by atoms with Gasteiger partial charge < -0.3 is 14.7 Å². The molecule has 0 spiro atoms. The van der Waals surface area contributed by atoms with Crippen molar-refractivity contribution < 1.29 is 9.90 Å². The van der Waals surface area contributed by atoms with E-state index < -0.39 is 5.97 Å². The molecule has 0 saturated heterocycles. The van der Waals surface area contributed by atoms with E-state index in [0.29, 0.717) is 0 Å². The maximum atomic E-state index is 11.2. The molecule has 0 unspecified atom stereocenters. The highest BCUT2D eigenvalue weighted by molar-refractivity contribution is 6.01. The Kier molecular flexibility index (Phi) is 2.56. The Balaban J connectivity index is 2.00. The zero-order chi connectivity index (χ0) is 15.3. The van der Waals surface area contributed by atoms with Gasteiger partial charge in [0.15, 0.2) is 0 Å². The first kappa shape index (κ1) is 12.6. The first-order chi connectivity index (χ1) is 10.6. The number of benzene rings is 1. The second kappa shape index (κ2) is 4.46. The summed E-state index contributed by atoms with van der Waals surface area (Å²) in [5.74, 6) is -0.921.